The molecule has 0 aromatic heterocycles. The molecule has 7 heteroatoms. The summed E-state index contributed by atoms with van der Waals surface area (Å²) in [5, 5.41) is 0.735. The number of methoxy groups -OCH3 is 1. The number of allylic oxidation sites excluding steroid dienone is 2. The van der Waals surface area contributed by atoms with Crippen LogP contribution in [0, 0.1) is 6.92 Å². The van der Waals surface area contributed by atoms with Crippen molar-refractivity contribution in [2.45, 2.75) is 6.92 Å². The molecule has 0 aliphatic rings. The first-order valence-corrected chi connectivity index (χ1v) is 9.39. The number of likely N-dealkylation sites (N-methyl/N-ethyl adjacent to an activating group) is 1. The highest BCUT2D eigenvalue weighted by Gasteiger charge is 2.23. The SMILES string of the molecule is C=C/C=C\C(C(=O)N(C)c1c(C)cccc1OC)=C(/N)Oc1cc(Cl)ccc1Cl. The molecule has 0 heterocycles. The Morgan fingerprint density at radius 3 is 2.59 bits per heavy atom. The van der Waals surface area contributed by atoms with Crippen LogP contribution in [0.1, 0.15) is 5.56 Å². The van der Waals surface area contributed by atoms with Crippen LogP contribution < -0.4 is 20.1 Å². The van der Waals surface area contributed by atoms with Crippen LogP contribution in [0.5, 0.6) is 11.5 Å². The van der Waals surface area contributed by atoms with Gasteiger partial charge < -0.3 is 20.1 Å². The van der Waals surface area contributed by atoms with E-state index >= 15 is 0 Å². The zero-order chi connectivity index (χ0) is 21.6. The molecule has 0 atom stereocenters. The second-order valence-corrected chi connectivity index (χ2v) is 6.88. The van der Waals surface area contributed by atoms with Crippen LogP contribution in [0.4, 0.5) is 5.69 Å². The van der Waals surface area contributed by atoms with Gasteiger partial charge in [0.15, 0.2) is 0 Å². The van der Waals surface area contributed by atoms with Gasteiger partial charge in [-0.15, -0.1) is 0 Å². The van der Waals surface area contributed by atoms with Crippen LogP contribution in [-0.2, 0) is 4.79 Å². The quantitative estimate of drug-likeness (QED) is 0.367. The van der Waals surface area contributed by atoms with E-state index in [1.807, 2.05) is 19.1 Å². The Morgan fingerprint density at radius 1 is 1.21 bits per heavy atom. The monoisotopic (exact) mass is 432 g/mol. The van der Waals surface area contributed by atoms with Gasteiger partial charge >= 0.3 is 0 Å². The van der Waals surface area contributed by atoms with Crippen molar-refractivity contribution >= 4 is 34.8 Å². The van der Waals surface area contributed by atoms with Crippen LogP contribution in [0.2, 0.25) is 10.0 Å². The molecule has 2 aromatic rings. The Morgan fingerprint density at radius 2 is 1.93 bits per heavy atom. The first-order chi connectivity index (χ1) is 13.8. The number of nitrogens with zero attached hydrogens (tertiary/aromatic N) is 1. The molecule has 2 rings (SSSR count). The minimum absolute atomic E-state index is 0.119. The molecule has 0 saturated carbocycles. The summed E-state index contributed by atoms with van der Waals surface area (Å²) in [6.07, 6.45) is 4.64. The van der Waals surface area contributed by atoms with E-state index in [1.54, 1.807) is 38.4 Å². The number of anilines is 1. The minimum atomic E-state index is -0.397. The predicted molar refractivity (Wildman–Crippen MR) is 119 cm³/mol. The number of carbonyl (C=O) groups excluding carboxylic acids is 1. The summed E-state index contributed by atoms with van der Waals surface area (Å²) in [6.45, 7) is 5.52. The zero-order valence-corrected chi connectivity index (χ0v) is 17.9. The fraction of sp³-hybridized carbons (Fsp3) is 0.136. The van der Waals surface area contributed by atoms with E-state index in [2.05, 4.69) is 6.58 Å². The highest BCUT2D eigenvalue weighted by molar-refractivity contribution is 6.34. The van der Waals surface area contributed by atoms with Crippen molar-refractivity contribution in [3.05, 3.63) is 88.3 Å². The molecular formula is C22H22Cl2N2O3. The molecule has 0 saturated heterocycles. The maximum Gasteiger partial charge on any atom is 0.263 e. The van der Waals surface area contributed by atoms with Crippen molar-refractivity contribution in [3.63, 3.8) is 0 Å². The lowest BCUT2D eigenvalue weighted by atomic mass is 10.1. The third kappa shape index (κ3) is 5.34. The second-order valence-electron chi connectivity index (χ2n) is 6.04. The molecule has 0 aliphatic heterocycles. The number of para-hydroxylation sites is 1. The first kappa shape index (κ1) is 22.4. The summed E-state index contributed by atoms with van der Waals surface area (Å²) in [6, 6.07) is 10.2. The third-order valence-electron chi connectivity index (χ3n) is 4.07. The Bertz CT molecular complexity index is 984. The maximum atomic E-state index is 13.3. The van der Waals surface area contributed by atoms with Gasteiger partial charge in [0.25, 0.3) is 5.91 Å². The standard InChI is InChI=1S/C22H22Cl2N2O3/c1-5-6-9-16(21(25)29-19-13-15(23)11-12-17(19)24)22(27)26(3)20-14(2)8-7-10-18(20)28-4/h5-13H,1,25H2,2-4H3/b9-6-,21-16-. The average molecular weight is 433 g/mol. The lowest BCUT2D eigenvalue weighted by Gasteiger charge is -2.23. The topological polar surface area (TPSA) is 64.8 Å². The van der Waals surface area contributed by atoms with Gasteiger partial charge in [0.1, 0.15) is 11.5 Å². The number of aryl methyl sites for hydroxylation is 1. The molecule has 0 spiro atoms. The number of amides is 1. The molecule has 29 heavy (non-hydrogen) atoms. The molecule has 152 valence electrons. The molecule has 2 N–H and O–H groups in total. The van der Waals surface area contributed by atoms with Gasteiger partial charge in [-0.3, -0.25) is 4.79 Å². The summed E-state index contributed by atoms with van der Waals surface area (Å²) in [7, 11) is 3.18. The number of ether oxygens (including phenoxy) is 2. The van der Waals surface area contributed by atoms with Gasteiger partial charge in [0.05, 0.1) is 23.4 Å². The van der Waals surface area contributed by atoms with E-state index in [-0.39, 0.29) is 17.2 Å². The fourth-order valence-electron chi connectivity index (χ4n) is 2.66. The highest BCUT2D eigenvalue weighted by atomic mass is 35.5. The van der Waals surface area contributed by atoms with E-state index in [0.29, 0.717) is 21.5 Å². The lowest BCUT2D eigenvalue weighted by molar-refractivity contribution is -0.114. The maximum absolute atomic E-state index is 13.3. The lowest BCUT2D eigenvalue weighted by Crippen LogP contribution is -2.31. The van der Waals surface area contributed by atoms with Gasteiger partial charge in [-0.05, 0) is 36.8 Å². The summed E-state index contributed by atoms with van der Waals surface area (Å²) >= 11 is 12.1. The number of halogens is 2. The number of nitrogens with two attached hydrogens (primary N) is 1. The fourth-order valence-corrected chi connectivity index (χ4v) is 2.98. The molecule has 1 amide bonds. The summed E-state index contributed by atoms with van der Waals surface area (Å²) in [4.78, 5) is 14.7. The smallest absolute Gasteiger partial charge is 0.263 e. The molecule has 0 aliphatic carbocycles. The second kappa shape index (κ2) is 10.0. The number of rotatable bonds is 7. The van der Waals surface area contributed by atoms with Crippen LogP contribution in [0.3, 0.4) is 0 Å². The Balaban J connectivity index is 2.50. The van der Waals surface area contributed by atoms with E-state index in [9.17, 15) is 4.79 Å². The summed E-state index contributed by atoms with van der Waals surface area (Å²) < 4.78 is 11.1. The van der Waals surface area contributed by atoms with Crippen molar-refractivity contribution in [2.75, 3.05) is 19.1 Å². The molecule has 5 nitrogen and oxygen atoms in total. The summed E-state index contributed by atoms with van der Waals surface area (Å²) in [5.41, 5.74) is 7.73. The van der Waals surface area contributed by atoms with Gasteiger partial charge in [-0.25, -0.2) is 0 Å². The molecule has 0 radical (unpaired) electrons. The number of hydrogen-bond donors (Lipinski definition) is 1. The van der Waals surface area contributed by atoms with Crippen LogP contribution in [0.15, 0.2) is 72.7 Å². The number of benzene rings is 2. The van der Waals surface area contributed by atoms with Crippen molar-refractivity contribution in [1.29, 1.82) is 0 Å². The third-order valence-corrected chi connectivity index (χ3v) is 4.62. The number of carbonyl (C=O) groups is 1. The van der Waals surface area contributed by atoms with Crippen molar-refractivity contribution < 1.29 is 14.3 Å². The first-order valence-electron chi connectivity index (χ1n) is 8.63. The van der Waals surface area contributed by atoms with Crippen molar-refractivity contribution in [3.8, 4) is 11.5 Å². The van der Waals surface area contributed by atoms with Gasteiger partial charge in [0, 0.05) is 18.1 Å². The molecule has 0 fully saturated rings. The van der Waals surface area contributed by atoms with Gasteiger partial charge in [-0.1, -0.05) is 54.1 Å². The normalized spacial score (nSPS) is 11.8. The Kier molecular flexibility index (Phi) is 7.76. The van der Waals surface area contributed by atoms with Crippen LogP contribution >= 0.6 is 23.2 Å². The highest BCUT2D eigenvalue weighted by Crippen LogP contribution is 2.33. The summed E-state index contributed by atoms with van der Waals surface area (Å²) in [5.74, 6) is 0.276. The van der Waals surface area contributed by atoms with Crippen LogP contribution in [-0.4, -0.2) is 20.1 Å². The Hall–Kier alpha value is -2.89. The number of hydrogen-bond acceptors (Lipinski definition) is 4. The Labute approximate surface area is 180 Å². The predicted octanol–water partition coefficient (Wildman–Crippen LogP) is 5.26. The average Bonchev–Trinajstić information content (AvgIpc) is 2.70. The van der Waals surface area contributed by atoms with Gasteiger partial charge in [0.2, 0.25) is 5.88 Å². The van der Waals surface area contributed by atoms with E-state index in [0.717, 1.165) is 5.56 Å². The molecule has 0 unspecified atom stereocenters. The zero-order valence-electron chi connectivity index (χ0n) is 16.4. The van der Waals surface area contributed by atoms with E-state index < -0.39 is 5.91 Å². The van der Waals surface area contributed by atoms with Crippen molar-refractivity contribution in [1.82, 2.24) is 0 Å². The molecule has 0 bridgehead atoms. The van der Waals surface area contributed by atoms with Gasteiger partial charge in [-0.2, -0.15) is 0 Å². The van der Waals surface area contributed by atoms with Crippen molar-refractivity contribution in [2.24, 2.45) is 5.73 Å². The van der Waals surface area contributed by atoms with E-state index in [4.69, 9.17) is 38.4 Å². The molecular weight excluding hydrogens is 411 g/mol. The van der Waals surface area contributed by atoms with Crippen LogP contribution in [0.25, 0.3) is 0 Å². The minimum Gasteiger partial charge on any atom is -0.495 e. The molecule has 2 aromatic carbocycles. The van der Waals surface area contributed by atoms with E-state index in [1.165, 1.54) is 23.1 Å². The largest absolute Gasteiger partial charge is 0.495 e.